The Hall–Kier alpha value is -3.75. The summed E-state index contributed by atoms with van der Waals surface area (Å²) in [6.45, 7) is 3.74. The molecule has 4 heterocycles. The summed E-state index contributed by atoms with van der Waals surface area (Å²) in [5.41, 5.74) is 3.36. The quantitative estimate of drug-likeness (QED) is 0.555. The number of carbonyl (C=O) groups is 1. The fourth-order valence-corrected chi connectivity index (χ4v) is 3.70. The number of aromatic hydroxyl groups is 1. The first-order valence-corrected chi connectivity index (χ1v) is 8.89. The molecule has 5 rings (SSSR count). The summed E-state index contributed by atoms with van der Waals surface area (Å²) in [7, 11) is 0. The lowest BCUT2D eigenvalue weighted by molar-refractivity contribution is -0.116. The maximum absolute atomic E-state index is 12.4. The van der Waals surface area contributed by atoms with E-state index in [0.717, 1.165) is 16.8 Å². The van der Waals surface area contributed by atoms with Crippen LogP contribution in [0.5, 0.6) is 5.75 Å². The third-order valence-corrected chi connectivity index (χ3v) is 5.02. The number of nitrogens with one attached hydrogen (secondary N) is 1. The van der Waals surface area contributed by atoms with E-state index in [1.165, 1.54) is 0 Å². The first kappa shape index (κ1) is 16.4. The van der Waals surface area contributed by atoms with Gasteiger partial charge in [0, 0.05) is 17.9 Å². The average molecular weight is 375 g/mol. The van der Waals surface area contributed by atoms with Gasteiger partial charge in [-0.1, -0.05) is 12.1 Å². The van der Waals surface area contributed by atoms with Crippen LogP contribution in [-0.2, 0) is 4.79 Å². The van der Waals surface area contributed by atoms with E-state index in [4.69, 9.17) is 0 Å². The van der Waals surface area contributed by atoms with E-state index < -0.39 is 0 Å². The van der Waals surface area contributed by atoms with Crippen LogP contribution >= 0.6 is 0 Å². The smallest absolute Gasteiger partial charge is 0.226 e. The zero-order chi connectivity index (χ0) is 19.4. The molecule has 3 aromatic heterocycles. The van der Waals surface area contributed by atoms with Crippen LogP contribution < -0.4 is 5.32 Å². The fourth-order valence-electron chi connectivity index (χ4n) is 3.70. The topological polar surface area (TPSA) is 110 Å². The van der Waals surface area contributed by atoms with Crippen molar-refractivity contribution in [3.63, 3.8) is 0 Å². The predicted molar refractivity (Wildman–Crippen MR) is 101 cm³/mol. The predicted octanol–water partition coefficient (Wildman–Crippen LogP) is 2.11. The third kappa shape index (κ3) is 2.43. The highest BCUT2D eigenvalue weighted by atomic mass is 16.3. The van der Waals surface area contributed by atoms with Gasteiger partial charge in [0.25, 0.3) is 0 Å². The van der Waals surface area contributed by atoms with Gasteiger partial charge in [0.05, 0.1) is 5.69 Å². The van der Waals surface area contributed by atoms with Crippen molar-refractivity contribution in [2.45, 2.75) is 26.2 Å². The molecule has 1 amide bonds. The minimum atomic E-state index is -0.140. The number of carbonyl (C=O) groups excluding carboxylic acids is 1. The van der Waals surface area contributed by atoms with Gasteiger partial charge in [-0.05, 0) is 43.7 Å². The van der Waals surface area contributed by atoms with Crippen molar-refractivity contribution in [1.82, 2.24) is 29.6 Å². The molecule has 0 fully saturated rings. The van der Waals surface area contributed by atoms with Crippen molar-refractivity contribution in [1.29, 1.82) is 0 Å². The number of amides is 1. The van der Waals surface area contributed by atoms with E-state index in [2.05, 4.69) is 25.7 Å². The van der Waals surface area contributed by atoms with Crippen molar-refractivity contribution < 1.29 is 9.90 Å². The van der Waals surface area contributed by atoms with Gasteiger partial charge in [-0.15, -0.1) is 15.3 Å². The van der Waals surface area contributed by atoms with Crippen LogP contribution in [0.1, 0.15) is 35.0 Å². The molecule has 1 unspecified atom stereocenters. The average Bonchev–Trinajstić information content (AvgIpc) is 3.22. The van der Waals surface area contributed by atoms with Crippen LogP contribution in [0, 0.1) is 13.8 Å². The molecule has 1 aliphatic rings. The number of nitrogens with zero attached hydrogens (tertiary/aromatic N) is 6. The molecule has 9 nitrogen and oxygen atoms in total. The molecule has 2 N–H and O–H groups in total. The first-order chi connectivity index (χ1) is 13.5. The molecule has 0 saturated carbocycles. The van der Waals surface area contributed by atoms with E-state index in [-0.39, 0.29) is 17.6 Å². The standard InChI is InChI=1S/C19H17N7O2/c1-10-18-14(12-3-5-13(27)6-4-12)9-17(28)20-19(18)26(23-10)16-8-7-15-22-21-11(2)25(15)24-16/h3-8,14,27H,9H2,1-2H3,(H,20,28). The van der Waals surface area contributed by atoms with Crippen molar-refractivity contribution in [3.8, 4) is 11.6 Å². The molecule has 28 heavy (non-hydrogen) atoms. The maximum atomic E-state index is 12.4. The molecule has 0 spiro atoms. The number of benzene rings is 1. The highest BCUT2D eigenvalue weighted by Crippen LogP contribution is 2.40. The van der Waals surface area contributed by atoms with Gasteiger partial charge in [0.2, 0.25) is 5.91 Å². The van der Waals surface area contributed by atoms with Gasteiger partial charge in [0.1, 0.15) is 11.6 Å². The Labute approximate surface area is 159 Å². The Morgan fingerprint density at radius 2 is 1.86 bits per heavy atom. The highest BCUT2D eigenvalue weighted by Gasteiger charge is 2.33. The lowest BCUT2D eigenvalue weighted by atomic mass is 9.86. The van der Waals surface area contributed by atoms with Gasteiger partial charge < -0.3 is 10.4 Å². The molecule has 140 valence electrons. The van der Waals surface area contributed by atoms with Gasteiger partial charge in [-0.25, -0.2) is 0 Å². The van der Waals surface area contributed by atoms with Gasteiger partial charge >= 0.3 is 0 Å². The number of phenolic OH excluding ortho intramolecular Hbond substituents is 1. The second kappa shape index (κ2) is 5.88. The van der Waals surface area contributed by atoms with Crippen LogP contribution in [0.3, 0.4) is 0 Å². The summed E-state index contributed by atoms with van der Waals surface area (Å²) >= 11 is 0. The first-order valence-electron chi connectivity index (χ1n) is 8.89. The minimum absolute atomic E-state index is 0.0896. The zero-order valence-corrected chi connectivity index (χ0v) is 15.3. The monoisotopic (exact) mass is 375 g/mol. The molecule has 0 bridgehead atoms. The number of aromatic nitrogens is 6. The van der Waals surface area contributed by atoms with Crippen molar-refractivity contribution in [3.05, 3.63) is 59.0 Å². The molecule has 0 aliphatic carbocycles. The molecular weight excluding hydrogens is 358 g/mol. The maximum Gasteiger partial charge on any atom is 0.226 e. The van der Waals surface area contributed by atoms with Crippen molar-refractivity contribution in [2.75, 3.05) is 5.32 Å². The van der Waals surface area contributed by atoms with Crippen LogP contribution in [0.2, 0.25) is 0 Å². The Bertz CT molecular complexity index is 1220. The van der Waals surface area contributed by atoms with Crippen LogP contribution in [0.15, 0.2) is 36.4 Å². The fraction of sp³-hybridized carbons (Fsp3) is 0.211. The Morgan fingerprint density at radius 3 is 2.64 bits per heavy atom. The van der Waals surface area contributed by atoms with E-state index in [9.17, 15) is 9.90 Å². The van der Waals surface area contributed by atoms with Crippen LogP contribution in [0.25, 0.3) is 11.5 Å². The van der Waals surface area contributed by atoms with E-state index in [1.807, 2.05) is 32.0 Å². The number of fused-ring (bicyclic) bond motifs is 2. The summed E-state index contributed by atoms with van der Waals surface area (Å²) in [5.74, 6) is 1.81. The molecule has 4 aromatic rings. The Kier molecular flexibility index (Phi) is 3.45. The molecule has 0 saturated heterocycles. The number of aryl methyl sites for hydroxylation is 2. The number of anilines is 1. The molecule has 1 aliphatic heterocycles. The van der Waals surface area contributed by atoms with Gasteiger partial charge in [-0.3, -0.25) is 4.79 Å². The zero-order valence-electron chi connectivity index (χ0n) is 15.3. The molecule has 1 atom stereocenters. The summed E-state index contributed by atoms with van der Waals surface area (Å²) in [6, 6.07) is 10.5. The lowest BCUT2D eigenvalue weighted by Crippen LogP contribution is -2.25. The summed E-state index contributed by atoms with van der Waals surface area (Å²) < 4.78 is 3.29. The van der Waals surface area contributed by atoms with Crippen molar-refractivity contribution >= 4 is 17.4 Å². The highest BCUT2D eigenvalue weighted by molar-refractivity contribution is 5.95. The van der Waals surface area contributed by atoms with Crippen LogP contribution in [-0.4, -0.2) is 40.6 Å². The minimum Gasteiger partial charge on any atom is -0.508 e. The van der Waals surface area contributed by atoms with E-state index in [0.29, 0.717) is 29.5 Å². The second-order valence-electron chi connectivity index (χ2n) is 6.86. The number of hydrogen-bond acceptors (Lipinski definition) is 6. The number of phenols is 1. The summed E-state index contributed by atoms with van der Waals surface area (Å²) in [6.07, 6.45) is 0.321. The second-order valence-corrected chi connectivity index (χ2v) is 6.86. The lowest BCUT2D eigenvalue weighted by Gasteiger charge is -2.24. The molecular formula is C19H17N7O2. The van der Waals surface area contributed by atoms with Crippen molar-refractivity contribution in [2.24, 2.45) is 0 Å². The normalized spacial score (nSPS) is 16.2. The SMILES string of the molecule is Cc1nn(-c2ccc3nnc(C)n3n2)c2c1C(c1ccc(O)cc1)CC(=O)N2. The Balaban J connectivity index is 1.68. The largest absolute Gasteiger partial charge is 0.508 e. The Morgan fingerprint density at radius 1 is 1.07 bits per heavy atom. The third-order valence-electron chi connectivity index (χ3n) is 5.02. The summed E-state index contributed by atoms with van der Waals surface area (Å²) in [4.78, 5) is 12.4. The summed E-state index contributed by atoms with van der Waals surface area (Å²) in [5, 5.41) is 29.8. The number of hydrogen-bond donors (Lipinski definition) is 2. The van der Waals surface area contributed by atoms with Crippen LogP contribution in [0.4, 0.5) is 5.82 Å². The molecule has 9 heteroatoms. The van der Waals surface area contributed by atoms with Gasteiger partial charge in [0.15, 0.2) is 17.3 Å². The van der Waals surface area contributed by atoms with Gasteiger partial charge in [-0.2, -0.15) is 14.3 Å². The van der Waals surface area contributed by atoms with E-state index >= 15 is 0 Å². The molecule has 1 aromatic carbocycles. The number of rotatable bonds is 2. The van der Waals surface area contributed by atoms with E-state index in [1.54, 1.807) is 27.4 Å². The molecule has 0 radical (unpaired) electrons.